The number of carbonyl (C=O) groups is 1. The molecule has 2 aromatic rings. The second kappa shape index (κ2) is 8.56. The molecule has 29 heavy (non-hydrogen) atoms. The third kappa shape index (κ3) is 4.46. The van der Waals surface area contributed by atoms with E-state index in [1.807, 2.05) is 25.1 Å². The predicted molar refractivity (Wildman–Crippen MR) is 115 cm³/mol. The fourth-order valence-corrected chi connectivity index (χ4v) is 4.28. The molecule has 0 bridgehead atoms. The third-order valence-corrected chi connectivity index (χ3v) is 6.19. The van der Waals surface area contributed by atoms with Gasteiger partial charge in [-0.05, 0) is 57.1 Å². The topological polar surface area (TPSA) is 58.6 Å². The van der Waals surface area contributed by atoms with Crippen LogP contribution < -0.4 is 9.64 Å². The first-order valence-electron chi connectivity index (χ1n) is 10.9. The Morgan fingerprint density at radius 3 is 2.62 bits per heavy atom. The molecule has 1 aliphatic carbocycles. The van der Waals surface area contributed by atoms with Crippen molar-refractivity contribution < 1.29 is 9.53 Å². The number of benzene rings is 1. The van der Waals surface area contributed by atoms with Crippen LogP contribution in [0, 0.1) is 18.8 Å². The molecule has 0 radical (unpaired) electrons. The van der Waals surface area contributed by atoms with Gasteiger partial charge in [-0.1, -0.05) is 6.92 Å². The minimum absolute atomic E-state index is 0.137. The molecule has 156 valence electrons. The van der Waals surface area contributed by atoms with Gasteiger partial charge in [0.15, 0.2) is 0 Å². The van der Waals surface area contributed by atoms with Gasteiger partial charge in [0.1, 0.15) is 5.75 Å². The zero-order valence-corrected chi connectivity index (χ0v) is 17.9. The highest BCUT2D eigenvalue weighted by Crippen LogP contribution is 2.31. The molecule has 0 unspecified atom stereocenters. The van der Waals surface area contributed by atoms with Crippen molar-refractivity contribution in [1.82, 2.24) is 14.9 Å². The van der Waals surface area contributed by atoms with Crippen LogP contribution in [0.2, 0.25) is 0 Å². The second-order valence-electron chi connectivity index (χ2n) is 8.48. The van der Waals surface area contributed by atoms with Crippen LogP contribution in [0.25, 0.3) is 10.9 Å². The maximum absolute atomic E-state index is 13.1. The van der Waals surface area contributed by atoms with Crippen molar-refractivity contribution in [2.45, 2.75) is 46.0 Å². The summed E-state index contributed by atoms with van der Waals surface area (Å²) in [6.45, 7) is 7.69. The molecule has 0 spiro atoms. The lowest BCUT2D eigenvalue weighted by Crippen LogP contribution is -2.44. The van der Waals surface area contributed by atoms with Gasteiger partial charge in [-0.2, -0.15) is 0 Å². The van der Waals surface area contributed by atoms with Crippen LogP contribution in [0.5, 0.6) is 5.75 Å². The first-order valence-corrected chi connectivity index (χ1v) is 10.9. The van der Waals surface area contributed by atoms with Crippen LogP contribution >= 0.6 is 0 Å². The molecule has 1 aromatic heterocycles. The molecule has 6 heteroatoms. The molecule has 1 aliphatic heterocycles. The fourth-order valence-electron chi connectivity index (χ4n) is 4.28. The van der Waals surface area contributed by atoms with Crippen molar-refractivity contribution in [3.63, 3.8) is 0 Å². The lowest BCUT2D eigenvalue weighted by Gasteiger charge is -2.34. The predicted octanol–water partition coefficient (Wildman–Crippen LogP) is 3.81. The van der Waals surface area contributed by atoms with Gasteiger partial charge in [0, 0.05) is 43.5 Å². The highest BCUT2D eigenvalue weighted by atomic mass is 16.5. The van der Waals surface area contributed by atoms with Crippen molar-refractivity contribution in [3.8, 4) is 5.75 Å². The molecule has 1 saturated carbocycles. The summed E-state index contributed by atoms with van der Waals surface area (Å²) in [6.07, 6.45) is 5.36. The summed E-state index contributed by atoms with van der Waals surface area (Å²) in [5, 5.41) is 1.05. The molecular formula is C23H32N4O2. The molecule has 4 rings (SSSR count). The Kier molecular flexibility index (Phi) is 5.88. The summed E-state index contributed by atoms with van der Waals surface area (Å²) < 4.78 is 5.35. The minimum Gasteiger partial charge on any atom is -0.497 e. The number of nitrogens with zero attached hydrogens (tertiary/aromatic N) is 4. The number of amides is 1. The Morgan fingerprint density at radius 2 is 1.97 bits per heavy atom. The molecule has 6 nitrogen and oxygen atoms in total. The van der Waals surface area contributed by atoms with Gasteiger partial charge in [0.05, 0.1) is 18.3 Å². The number of aryl methyl sites for hydroxylation is 1. The van der Waals surface area contributed by atoms with Crippen LogP contribution in [0.4, 0.5) is 5.95 Å². The number of aromatic nitrogens is 2. The minimum atomic E-state index is 0.137. The van der Waals surface area contributed by atoms with Crippen LogP contribution in [0.1, 0.15) is 44.7 Å². The van der Waals surface area contributed by atoms with Crippen molar-refractivity contribution in [2.24, 2.45) is 11.8 Å². The van der Waals surface area contributed by atoms with E-state index in [1.54, 1.807) is 7.11 Å². The van der Waals surface area contributed by atoms with Gasteiger partial charge < -0.3 is 14.5 Å². The smallest absolute Gasteiger partial charge is 0.226 e. The van der Waals surface area contributed by atoms with Gasteiger partial charge in [-0.3, -0.25) is 4.79 Å². The Balaban J connectivity index is 1.44. The highest BCUT2D eigenvalue weighted by Gasteiger charge is 2.32. The Labute approximate surface area is 173 Å². The van der Waals surface area contributed by atoms with Gasteiger partial charge in [0.25, 0.3) is 0 Å². The molecule has 1 amide bonds. The average Bonchev–Trinajstić information content (AvgIpc) is 3.56. The second-order valence-corrected chi connectivity index (χ2v) is 8.48. The summed E-state index contributed by atoms with van der Waals surface area (Å²) in [5.41, 5.74) is 1.88. The van der Waals surface area contributed by atoms with Crippen LogP contribution in [-0.2, 0) is 4.79 Å². The molecule has 2 fully saturated rings. The monoisotopic (exact) mass is 396 g/mol. The summed E-state index contributed by atoms with van der Waals surface area (Å²) >= 11 is 0. The van der Waals surface area contributed by atoms with E-state index in [-0.39, 0.29) is 5.92 Å². The normalized spacial score (nSPS) is 17.6. The fraction of sp³-hybridized carbons (Fsp3) is 0.609. The van der Waals surface area contributed by atoms with E-state index in [4.69, 9.17) is 14.7 Å². The van der Waals surface area contributed by atoms with Gasteiger partial charge in [-0.25, -0.2) is 9.97 Å². The van der Waals surface area contributed by atoms with Crippen LogP contribution in [0.3, 0.4) is 0 Å². The van der Waals surface area contributed by atoms with Crippen LogP contribution in [0.15, 0.2) is 18.2 Å². The van der Waals surface area contributed by atoms with Crippen molar-refractivity contribution in [2.75, 3.05) is 38.2 Å². The van der Waals surface area contributed by atoms with Gasteiger partial charge in [0.2, 0.25) is 11.9 Å². The van der Waals surface area contributed by atoms with E-state index in [9.17, 15) is 4.79 Å². The van der Waals surface area contributed by atoms with Crippen molar-refractivity contribution in [1.29, 1.82) is 0 Å². The number of carbonyl (C=O) groups excluding carboxylic acids is 1. The van der Waals surface area contributed by atoms with E-state index >= 15 is 0 Å². The zero-order valence-electron chi connectivity index (χ0n) is 17.9. The van der Waals surface area contributed by atoms with E-state index in [0.29, 0.717) is 5.91 Å². The van der Waals surface area contributed by atoms with Gasteiger partial charge >= 0.3 is 0 Å². The van der Waals surface area contributed by atoms with Crippen molar-refractivity contribution in [3.05, 3.63) is 23.9 Å². The molecule has 2 heterocycles. The quantitative estimate of drug-likeness (QED) is 0.712. The maximum Gasteiger partial charge on any atom is 0.226 e. The molecule has 2 aliphatic rings. The number of methoxy groups -OCH3 is 1. The summed E-state index contributed by atoms with van der Waals surface area (Å²) in [6, 6.07) is 5.92. The summed E-state index contributed by atoms with van der Waals surface area (Å²) in [7, 11) is 1.67. The Morgan fingerprint density at radius 1 is 1.21 bits per heavy atom. The molecule has 1 saturated heterocycles. The SMILES string of the molecule is CCCN(CC1CC1)C(=O)C1CCN(c2nc(C)c3ccc(OC)cc3n2)CC1. The lowest BCUT2D eigenvalue weighted by atomic mass is 9.95. The van der Waals surface area contributed by atoms with E-state index in [0.717, 1.165) is 79.7 Å². The largest absolute Gasteiger partial charge is 0.497 e. The Hall–Kier alpha value is -2.37. The number of ether oxygens (including phenoxy) is 1. The Bertz CT molecular complexity index is 873. The first kappa shape index (κ1) is 19.9. The first-order chi connectivity index (χ1) is 14.1. The molecule has 1 aromatic carbocycles. The van der Waals surface area contributed by atoms with E-state index < -0.39 is 0 Å². The number of fused-ring (bicyclic) bond motifs is 1. The number of rotatable bonds is 7. The van der Waals surface area contributed by atoms with E-state index in [1.165, 1.54) is 12.8 Å². The molecule has 0 atom stereocenters. The molecule has 0 N–H and O–H groups in total. The third-order valence-electron chi connectivity index (χ3n) is 6.19. The maximum atomic E-state index is 13.1. The lowest BCUT2D eigenvalue weighted by molar-refractivity contribution is -0.136. The summed E-state index contributed by atoms with van der Waals surface area (Å²) in [5.74, 6) is 2.81. The standard InChI is InChI=1S/C23H32N4O2/c1-4-11-27(15-17-5-6-17)22(28)18-9-12-26(13-10-18)23-24-16(2)20-8-7-19(29-3)14-21(20)25-23/h7-8,14,17-18H,4-6,9-13,15H2,1-3H3. The zero-order chi connectivity index (χ0) is 20.4. The van der Waals surface area contributed by atoms with E-state index in [2.05, 4.69) is 16.7 Å². The average molecular weight is 397 g/mol. The molecular weight excluding hydrogens is 364 g/mol. The highest BCUT2D eigenvalue weighted by molar-refractivity contribution is 5.83. The number of hydrogen-bond donors (Lipinski definition) is 0. The number of anilines is 1. The van der Waals surface area contributed by atoms with Crippen molar-refractivity contribution >= 4 is 22.8 Å². The summed E-state index contributed by atoms with van der Waals surface area (Å²) in [4.78, 5) is 26.9. The number of piperidine rings is 1. The van der Waals surface area contributed by atoms with Crippen LogP contribution in [-0.4, -0.2) is 54.1 Å². The number of hydrogen-bond acceptors (Lipinski definition) is 5. The van der Waals surface area contributed by atoms with Gasteiger partial charge in [-0.15, -0.1) is 0 Å².